The minimum absolute atomic E-state index is 0.0231. The molecule has 1 amide bonds. The number of para-hydroxylation sites is 1. The zero-order valence-electron chi connectivity index (χ0n) is 19.1. The number of aromatic nitrogens is 3. The van der Waals surface area contributed by atoms with E-state index in [1.165, 1.54) is 23.7 Å². The number of fused-ring (bicyclic) bond motifs is 1. The molecule has 36 heavy (non-hydrogen) atoms. The summed E-state index contributed by atoms with van der Waals surface area (Å²) in [5, 5.41) is 6.90. The van der Waals surface area contributed by atoms with E-state index in [2.05, 4.69) is 15.4 Å². The quantitative estimate of drug-likeness (QED) is 0.312. The fourth-order valence-electron chi connectivity index (χ4n) is 3.64. The van der Waals surface area contributed by atoms with Gasteiger partial charge in [0.1, 0.15) is 0 Å². The first-order valence-corrected chi connectivity index (χ1v) is 11.0. The average molecular weight is 484 g/mol. The van der Waals surface area contributed by atoms with Crippen LogP contribution in [0.2, 0.25) is 0 Å². The molecule has 1 aromatic heterocycles. The lowest BCUT2D eigenvalue weighted by molar-refractivity contribution is -0.119. The molecule has 0 unspecified atom stereocenters. The van der Waals surface area contributed by atoms with Gasteiger partial charge in [-0.05, 0) is 25.1 Å². The summed E-state index contributed by atoms with van der Waals surface area (Å²) in [7, 11) is 0. The summed E-state index contributed by atoms with van der Waals surface area (Å²) in [5.74, 6) is -0.715. The monoisotopic (exact) mass is 484 g/mol. The van der Waals surface area contributed by atoms with Gasteiger partial charge >= 0.3 is 5.97 Å². The lowest BCUT2D eigenvalue weighted by Crippen LogP contribution is -2.22. The van der Waals surface area contributed by atoms with Crippen molar-refractivity contribution in [3.8, 4) is 28.6 Å². The van der Waals surface area contributed by atoms with Gasteiger partial charge in [-0.2, -0.15) is 0 Å². The van der Waals surface area contributed by atoms with E-state index in [4.69, 9.17) is 14.2 Å². The molecule has 1 aliphatic heterocycles. The van der Waals surface area contributed by atoms with Gasteiger partial charge in [0.2, 0.25) is 6.79 Å². The molecule has 10 heteroatoms. The minimum Gasteiger partial charge on any atom is -0.454 e. The van der Waals surface area contributed by atoms with Gasteiger partial charge in [-0.15, -0.1) is 5.10 Å². The number of ether oxygens (including phenoxy) is 3. The van der Waals surface area contributed by atoms with Gasteiger partial charge in [0, 0.05) is 17.2 Å². The van der Waals surface area contributed by atoms with Crippen LogP contribution in [-0.2, 0) is 9.53 Å². The Morgan fingerprint density at radius 3 is 2.33 bits per heavy atom. The molecule has 4 aromatic rings. The molecule has 3 aromatic carbocycles. The second-order valence-corrected chi connectivity index (χ2v) is 7.80. The van der Waals surface area contributed by atoms with Crippen LogP contribution in [0.25, 0.3) is 17.1 Å². The molecule has 0 aliphatic carbocycles. The van der Waals surface area contributed by atoms with Gasteiger partial charge in [0.15, 0.2) is 29.7 Å². The summed E-state index contributed by atoms with van der Waals surface area (Å²) in [6.45, 7) is 0.784. The second-order valence-electron chi connectivity index (χ2n) is 7.80. The lowest BCUT2D eigenvalue weighted by atomic mass is 10.1. The van der Waals surface area contributed by atoms with Crippen LogP contribution in [0, 0.1) is 0 Å². The molecule has 1 N–H and O–H groups in total. The molecule has 0 fully saturated rings. The summed E-state index contributed by atoms with van der Waals surface area (Å²) in [5.41, 5.74) is 1.94. The van der Waals surface area contributed by atoms with Crippen LogP contribution in [0.15, 0.2) is 72.8 Å². The highest BCUT2D eigenvalue weighted by Gasteiger charge is 2.23. The number of carbonyl (C=O) groups excluding carboxylic acids is 3. The van der Waals surface area contributed by atoms with Crippen LogP contribution in [0.5, 0.6) is 11.5 Å². The maximum atomic E-state index is 12.7. The van der Waals surface area contributed by atoms with Gasteiger partial charge in [-0.3, -0.25) is 9.59 Å². The van der Waals surface area contributed by atoms with E-state index in [1.807, 2.05) is 60.7 Å². The fraction of sp³-hybridized carbons (Fsp3) is 0.115. The average Bonchev–Trinajstić information content (AvgIpc) is 3.55. The van der Waals surface area contributed by atoms with Crippen LogP contribution in [0.1, 0.15) is 27.9 Å². The Bertz CT molecular complexity index is 1390. The van der Waals surface area contributed by atoms with Crippen molar-refractivity contribution < 1.29 is 28.6 Å². The minimum atomic E-state index is -0.866. The number of amides is 1. The Balaban J connectivity index is 1.33. The Labute approximate surface area is 205 Å². The molecule has 0 spiro atoms. The number of rotatable bonds is 7. The molecule has 180 valence electrons. The highest BCUT2D eigenvalue weighted by molar-refractivity contribution is 6.05. The van der Waals surface area contributed by atoms with E-state index >= 15 is 0 Å². The van der Waals surface area contributed by atoms with Gasteiger partial charge in [0.25, 0.3) is 11.7 Å². The topological polar surface area (TPSA) is 122 Å². The number of hydrogen-bond donors (Lipinski definition) is 1. The zero-order chi connectivity index (χ0) is 25.1. The number of benzene rings is 3. The predicted molar refractivity (Wildman–Crippen MR) is 128 cm³/mol. The van der Waals surface area contributed by atoms with Gasteiger partial charge in [-0.1, -0.05) is 48.5 Å². The van der Waals surface area contributed by atoms with E-state index in [0.29, 0.717) is 23.0 Å². The molecule has 0 radical (unpaired) electrons. The highest BCUT2D eigenvalue weighted by atomic mass is 16.7. The predicted octanol–water partition coefficient (Wildman–Crippen LogP) is 3.66. The maximum Gasteiger partial charge on any atom is 0.378 e. The largest absolute Gasteiger partial charge is 0.454 e. The van der Waals surface area contributed by atoms with Crippen molar-refractivity contribution in [1.82, 2.24) is 14.8 Å². The Kier molecular flexibility index (Phi) is 6.14. The van der Waals surface area contributed by atoms with E-state index in [0.717, 1.165) is 5.56 Å². The maximum absolute atomic E-state index is 12.7. The summed E-state index contributed by atoms with van der Waals surface area (Å²) >= 11 is 0. The SMILES string of the molecule is CC(=O)c1cc2c(cc1NC(=O)COC(=O)c1nc(-c3ccccc3)n(-c3ccccc3)n1)OCO2. The molecule has 10 nitrogen and oxygen atoms in total. The summed E-state index contributed by atoms with van der Waals surface area (Å²) in [4.78, 5) is 41.6. The molecule has 0 saturated heterocycles. The van der Waals surface area contributed by atoms with Crippen LogP contribution >= 0.6 is 0 Å². The van der Waals surface area contributed by atoms with Crippen molar-refractivity contribution in [2.75, 3.05) is 18.7 Å². The molecule has 0 saturated carbocycles. The smallest absolute Gasteiger partial charge is 0.378 e. The normalized spacial score (nSPS) is 11.7. The Morgan fingerprint density at radius 2 is 1.64 bits per heavy atom. The van der Waals surface area contributed by atoms with Crippen molar-refractivity contribution in [3.05, 3.63) is 84.2 Å². The van der Waals surface area contributed by atoms with E-state index in [1.54, 1.807) is 0 Å². The van der Waals surface area contributed by atoms with Crippen LogP contribution in [0.3, 0.4) is 0 Å². The number of hydrogen-bond acceptors (Lipinski definition) is 8. The highest BCUT2D eigenvalue weighted by Crippen LogP contribution is 2.37. The molecule has 2 heterocycles. The first-order valence-electron chi connectivity index (χ1n) is 11.0. The standard InChI is InChI=1S/C26H20N4O6/c1-16(31)19-12-21-22(36-15-35-21)13-20(19)27-23(32)14-34-26(33)24-28-25(17-8-4-2-5-9-17)30(29-24)18-10-6-3-7-11-18/h2-13H,14-15H2,1H3,(H,27,32). The molecular formula is C26H20N4O6. The van der Waals surface area contributed by atoms with Crippen molar-refractivity contribution in [3.63, 3.8) is 0 Å². The number of ketones is 1. The molecule has 1 aliphatic rings. The van der Waals surface area contributed by atoms with Gasteiger partial charge < -0.3 is 19.5 Å². The third-order valence-electron chi connectivity index (χ3n) is 5.32. The summed E-state index contributed by atoms with van der Waals surface area (Å²) < 4.78 is 17.3. The second kappa shape index (κ2) is 9.71. The van der Waals surface area contributed by atoms with Crippen LogP contribution in [-0.4, -0.2) is 45.8 Å². The van der Waals surface area contributed by atoms with E-state index in [9.17, 15) is 14.4 Å². The third-order valence-corrected chi connectivity index (χ3v) is 5.32. The number of Topliss-reactive ketones (excluding diaryl/α,β-unsaturated/α-hetero) is 1. The van der Waals surface area contributed by atoms with Crippen molar-refractivity contribution in [2.24, 2.45) is 0 Å². The number of carbonyl (C=O) groups is 3. The first kappa shape index (κ1) is 22.8. The number of anilines is 1. The summed E-state index contributed by atoms with van der Waals surface area (Å²) in [6, 6.07) is 21.5. The van der Waals surface area contributed by atoms with Crippen LogP contribution in [0.4, 0.5) is 5.69 Å². The Hall–Kier alpha value is -4.99. The first-order chi connectivity index (χ1) is 17.5. The van der Waals surface area contributed by atoms with E-state index in [-0.39, 0.29) is 29.7 Å². The van der Waals surface area contributed by atoms with E-state index < -0.39 is 18.5 Å². The van der Waals surface area contributed by atoms with Crippen molar-refractivity contribution >= 4 is 23.3 Å². The molecule has 5 rings (SSSR count). The molecule has 0 bridgehead atoms. The molecular weight excluding hydrogens is 464 g/mol. The van der Waals surface area contributed by atoms with Crippen molar-refractivity contribution in [2.45, 2.75) is 6.92 Å². The Morgan fingerprint density at radius 1 is 0.972 bits per heavy atom. The third kappa shape index (κ3) is 4.64. The zero-order valence-corrected chi connectivity index (χ0v) is 19.1. The summed E-state index contributed by atoms with van der Waals surface area (Å²) in [6.07, 6.45) is 0. The van der Waals surface area contributed by atoms with Crippen LogP contribution < -0.4 is 14.8 Å². The lowest BCUT2D eigenvalue weighted by Gasteiger charge is -2.10. The van der Waals surface area contributed by atoms with Gasteiger partial charge in [-0.25, -0.2) is 14.5 Å². The fourth-order valence-corrected chi connectivity index (χ4v) is 3.64. The number of esters is 1. The van der Waals surface area contributed by atoms with Crippen molar-refractivity contribution in [1.29, 1.82) is 0 Å². The number of nitrogens with one attached hydrogen (secondary N) is 1. The molecule has 0 atom stereocenters. The number of nitrogens with zero attached hydrogens (tertiary/aromatic N) is 3. The van der Waals surface area contributed by atoms with Gasteiger partial charge in [0.05, 0.1) is 11.4 Å².